The van der Waals surface area contributed by atoms with E-state index in [1.165, 1.54) is 11.0 Å². The molecule has 3 heterocycles. The summed E-state index contributed by atoms with van der Waals surface area (Å²) in [5.41, 5.74) is -1.21. The van der Waals surface area contributed by atoms with Crippen molar-refractivity contribution in [2.75, 3.05) is 5.32 Å². The van der Waals surface area contributed by atoms with Crippen molar-refractivity contribution in [1.82, 2.24) is 38.7 Å². The van der Waals surface area contributed by atoms with Crippen molar-refractivity contribution in [3.05, 3.63) is 91.6 Å². The van der Waals surface area contributed by atoms with E-state index in [1.54, 1.807) is 37.1 Å². The first-order chi connectivity index (χ1) is 17.6. The normalized spacial score (nSPS) is 11.4. The van der Waals surface area contributed by atoms with Crippen LogP contribution in [0.2, 0.25) is 5.02 Å². The van der Waals surface area contributed by atoms with Crippen molar-refractivity contribution in [2.45, 2.75) is 13.1 Å². The van der Waals surface area contributed by atoms with Crippen molar-refractivity contribution >= 4 is 34.1 Å². The van der Waals surface area contributed by atoms with Crippen molar-refractivity contribution in [3.8, 4) is 0 Å². The molecule has 0 saturated carbocycles. The number of aryl methyl sites for hydroxylation is 2. The SMILES string of the molecule is Cn1cnc(Cn2c(=O)nc(Nc3cc4cnn(C)c4cc3Cl)n(Cc3cc(F)c(F)cc3F)c2=O)n1. The van der Waals surface area contributed by atoms with Crippen LogP contribution in [-0.2, 0) is 27.2 Å². The minimum absolute atomic E-state index is 0.153. The molecule has 0 spiro atoms. The third-order valence-corrected chi connectivity index (χ3v) is 5.91. The second-order valence-corrected chi connectivity index (χ2v) is 8.56. The van der Waals surface area contributed by atoms with Crippen molar-refractivity contribution in [3.63, 3.8) is 0 Å². The highest BCUT2D eigenvalue weighted by molar-refractivity contribution is 6.34. The third-order valence-electron chi connectivity index (χ3n) is 5.60. The lowest BCUT2D eigenvalue weighted by molar-refractivity contribution is 0.485. The first kappa shape index (κ1) is 24.2. The average molecular weight is 532 g/mol. The zero-order chi connectivity index (χ0) is 26.4. The Morgan fingerprint density at radius 3 is 2.46 bits per heavy atom. The van der Waals surface area contributed by atoms with Gasteiger partial charge >= 0.3 is 11.4 Å². The molecule has 3 aromatic heterocycles. The van der Waals surface area contributed by atoms with Gasteiger partial charge in [-0.3, -0.25) is 13.9 Å². The molecule has 2 aromatic carbocycles. The van der Waals surface area contributed by atoms with Crippen LogP contribution in [-0.4, -0.2) is 38.7 Å². The van der Waals surface area contributed by atoms with Crippen LogP contribution in [0.25, 0.3) is 10.9 Å². The molecule has 0 aliphatic heterocycles. The lowest BCUT2D eigenvalue weighted by Gasteiger charge is -2.16. The number of halogens is 4. The number of nitrogens with zero attached hydrogens (tertiary/aromatic N) is 8. The Balaban J connectivity index is 1.64. The van der Waals surface area contributed by atoms with Gasteiger partial charge in [0.05, 0.1) is 35.5 Å². The molecule has 0 radical (unpaired) electrons. The number of nitrogens with one attached hydrogen (secondary N) is 1. The van der Waals surface area contributed by atoms with Gasteiger partial charge in [0.25, 0.3) is 0 Å². The Morgan fingerprint density at radius 1 is 0.973 bits per heavy atom. The molecule has 11 nitrogen and oxygen atoms in total. The van der Waals surface area contributed by atoms with Gasteiger partial charge in [-0.1, -0.05) is 11.6 Å². The van der Waals surface area contributed by atoms with Crippen LogP contribution in [0.1, 0.15) is 11.4 Å². The van der Waals surface area contributed by atoms with Crippen LogP contribution in [0.5, 0.6) is 0 Å². The van der Waals surface area contributed by atoms with Gasteiger partial charge in [-0.15, -0.1) is 0 Å². The summed E-state index contributed by atoms with van der Waals surface area (Å²) in [7, 11) is 3.34. The molecule has 0 aliphatic rings. The van der Waals surface area contributed by atoms with Crippen molar-refractivity contribution < 1.29 is 13.2 Å². The quantitative estimate of drug-likeness (QED) is 0.334. The second-order valence-electron chi connectivity index (χ2n) is 8.15. The Hall–Kier alpha value is -4.46. The smallest absolute Gasteiger partial charge is 0.324 e. The molecule has 0 bridgehead atoms. The van der Waals surface area contributed by atoms with Gasteiger partial charge in [0.2, 0.25) is 5.95 Å². The number of benzene rings is 2. The lowest BCUT2D eigenvalue weighted by atomic mass is 10.2. The van der Waals surface area contributed by atoms with Gasteiger partial charge in [-0.05, 0) is 18.2 Å². The minimum atomic E-state index is -1.38. The Kier molecular flexibility index (Phi) is 6.03. The van der Waals surface area contributed by atoms with Gasteiger partial charge < -0.3 is 5.32 Å². The fraction of sp³-hybridized carbons (Fsp3) is 0.182. The Morgan fingerprint density at radius 2 is 1.73 bits per heavy atom. The summed E-state index contributed by atoms with van der Waals surface area (Å²) < 4.78 is 46.5. The zero-order valence-electron chi connectivity index (χ0n) is 19.3. The first-order valence-electron chi connectivity index (χ1n) is 10.7. The van der Waals surface area contributed by atoms with E-state index in [1.807, 2.05) is 0 Å². The summed E-state index contributed by atoms with van der Waals surface area (Å²) >= 11 is 6.41. The van der Waals surface area contributed by atoms with E-state index in [4.69, 9.17) is 11.6 Å². The van der Waals surface area contributed by atoms with Crippen LogP contribution < -0.4 is 16.7 Å². The largest absolute Gasteiger partial charge is 0.355 e. The molecule has 0 fully saturated rings. The average Bonchev–Trinajstić information content (AvgIpc) is 3.42. The second kappa shape index (κ2) is 9.20. The van der Waals surface area contributed by atoms with E-state index in [0.717, 1.165) is 14.7 Å². The minimum Gasteiger partial charge on any atom is -0.324 e. The fourth-order valence-corrected chi connectivity index (χ4v) is 3.95. The monoisotopic (exact) mass is 531 g/mol. The van der Waals surface area contributed by atoms with E-state index < -0.39 is 35.4 Å². The maximum atomic E-state index is 14.5. The molecule has 0 aliphatic carbocycles. The highest BCUT2D eigenvalue weighted by Crippen LogP contribution is 2.29. The summed E-state index contributed by atoms with van der Waals surface area (Å²) in [4.78, 5) is 34.2. The Bertz CT molecular complexity index is 1790. The maximum absolute atomic E-state index is 14.5. The number of rotatable bonds is 6. The zero-order valence-corrected chi connectivity index (χ0v) is 20.0. The molecule has 190 valence electrons. The molecular weight excluding hydrogens is 515 g/mol. The number of anilines is 2. The van der Waals surface area contributed by atoms with E-state index in [-0.39, 0.29) is 34.6 Å². The summed E-state index contributed by atoms with van der Waals surface area (Å²) in [6.07, 6.45) is 2.97. The molecule has 1 N–H and O–H groups in total. The molecule has 5 aromatic rings. The van der Waals surface area contributed by atoms with E-state index in [0.29, 0.717) is 17.5 Å². The number of hydrogen-bond donors (Lipinski definition) is 1. The number of aromatic nitrogens is 8. The van der Waals surface area contributed by atoms with Gasteiger partial charge in [0.15, 0.2) is 17.5 Å². The predicted octanol–water partition coefficient (Wildman–Crippen LogP) is 2.33. The Labute approximate surface area is 210 Å². The fourth-order valence-electron chi connectivity index (χ4n) is 3.75. The third kappa shape index (κ3) is 4.58. The van der Waals surface area contributed by atoms with Crippen LogP contribution in [0.4, 0.5) is 24.8 Å². The molecule has 0 amide bonds. The van der Waals surface area contributed by atoms with E-state index in [2.05, 4.69) is 25.5 Å². The molecule has 37 heavy (non-hydrogen) atoms. The van der Waals surface area contributed by atoms with Crippen LogP contribution in [0, 0.1) is 17.5 Å². The topological polar surface area (TPSA) is 117 Å². The van der Waals surface area contributed by atoms with Crippen LogP contribution in [0.15, 0.2) is 46.4 Å². The number of hydrogen-bond acceptors (Lipinski definition) is 7. The van der Waals surface area contributed by atoms with Crippen molar-refractivity contribution in [1.29, 1.82) is 0 Å². The predicted molar refractivity (Wildman–Crippen MR) is 127 cm³/mol. The van der Waals surface area contributed by atoms with Gasteiger partial charge in [-0.25, -0.2) is 32.3 Å². The summed E-state index contributed by atoms with van der Waals surface area (Å²) in [5.74, 6) is -3.92. The number of fused-ring (bicyclic) bond motifs is 1. The highest BCUT2D eigenvalue weighted by atomic mass is 35.5. The van der Waals surface area contributed by atoms with Crippen LogP contribution in [0.3, 0.4) is 0 Å². The highest BCUT2D eigenvalue weighted by Gasteiger charge is 2.19. The standard InChI is InChI=1S/C22H17ClF3N9O2/c1-32-10-27-19(31-32)9-35-21(36)30-20(29-17-4-11-7-28-33(2)18(11)5-13(17)23)34(22(35)37)8-12-3-15(25)16(26)6-14(12)24/h3-7,10H,8-9H2,1-2H3,(H,29,30,36). The molecular formula is C22H17ClF3N9O2. The van der Waals surface area contributed by atoms with Gasteiger partial charge in [0, 0.05) is 31.1 Å². The van der Waals surface area contributed by atoms with Crippen molar-refractivity contribution in [2.24, 2.45) is 14.1 Å². The molecule has 0 atom stereocenters. The van der Waals surface area contributed by atoms with Gasteiger partial charge in [0.1, 0.15) is 12.1 Å². The molecule has 15 heteroatoms. The van der Waals surface area contributed by atoms with Gasteiger partial charge in [-0.2, -0.15) is 15.2 Å². The molecule has 0 unspecified atom stereocenters. The van der Waals surface area contributed by atoms with Crippen LogP contribution >= 0.6 is 11.6 Å². The maximum Gasteiger partial charge on any atom is 0.355 e. The first-order valence-corrected chi connectivity index (χ1v) is 11.1. The van der Waals surface area contributed by atoms with E-state index >= 15 is 0 Å². The summed E-state index contributed by atoms with van der Waals surface area (Å²) in [5, 5.41) is 11.9. The summed E-state index contributed by atoms with van der Waals surface area (Å²) in [6.45, 7) is -0.908. The molecule has 5 rings (SSSR count). The van der Waals surface area contributed by atoms with E-state index in [9.17, 15) is 22.8 Å². The lowest BCUT2D eigenvalue weighted by Crippen LogP contribution is -2.43. The summed E-state index contributed by atoms with van der Waals surface area (Å²) in [6, 6.07) is 4.25. The molecule has 0 saturated heterocycles.